The molecule has 0 aliphatic rings. The number of allylic oxidation sites excluding steroid dienone is 1. The van der Waals surface area contributed by atoms with Gasteiger partial charge in [0.2, 0.25) is 0 Å². The molecule has 0 atom stereocenters. The fraction of sp³-hybridized carbons (Fsp3) is 0.286. The summed E-state index contributed by atoms with van der Waals surface area (Å²) in [6, 6.07) is 16.6. The first-order chi connectivity index (χ1) is 11.7. The summed E-state index contributed by atoms with van der Waals surface area (Å²) < 4.78 is 11.1. The molecule has 0 saturated carbocycles. The Morgan fingerprint density at radius 2 is 1.54 bits per heavy atom. The van der Waals surface area contributed by atoms with Crippen LogP contribution in [-0.2, 0) is 4.79 Å². The molecule has 3 nitrogen and oxygen atoms in total. The predicted octanol–water partition coefficient (Wildman–Crippen LogP) is 5.91. The molecule has 0 aliphatic carbocycles. The van der Waals surface area contributed by atoms with Gasteiger partial charge in [0.15, 0.2) is 0 Å². The number of rotatable bonds is 8. The molecule has 0 fully saturated rings. The minimum absolute atomic E-state index is 0.303. The second-order valence-electron chi connectivity index (χ2n) is 5.66. The molecule has 2 aromatic rings. The minimum atomic E-state index is -0.303. The Bertz CT molecular complexity index is 657. The summed E-state index contributed by atoms with van der Waals surface area (Å²) in [6.45, 7) is 3.96. The lowest BCUT2D eigenvalue weighted by atomic mass is 10.1. The average molecular weight is 324 g/mol. The highest BCUT2D eigenvalue weighted by Crippen LogP contribution is 2.23. The van der Waals surface area contributed by atoms with Crippen LogP contribution in [0, 0.1) is 0 Å². The van der Waals surface area contributed by atoms with Crippen molar-refractivity contribution in [3.05, 3.63) is 66.2 Å². The molecular formula is C21H24O3. The summed E-state index contributed by atoms with van der Waals surface area (Å²) in [4.78, 5) is 12.0. The van der Waals surface area contributed by atoms with Gasteiger partial charge in [-0.05, 0) is 56.2 Å². The van der Waals surface area contributed by atoms with Crippen LogP contribution in [0.15, 0.2) is 66.2 Å². The highest BCUT2D eigenvalue weighted by atomic mass is 16.5. The highest BCUT2D eigenvalue weighted by molar-refractivity contribution is 5.89. The normalized spacial score (nSPS) is 11.2. The smallest absolute Gasteiger partial charge is 0.338 e. The maximum absolute atomic E-state index is 12.0. The van der Waals surface area contributed by atoms with Crippen LogP contribution in [0.5, 0.6) is 17.2 Å². The van der Waals surface area contributed by atoms with Crippen LogP contribution >= 0.6 is 0 Å². The molecule has 0 bridgehead atoms. The van der Waals surface area contributed by atoms with Crippen LogP contribution in [0.2, 0.25) is 0 Å². The van der Waals surface area contributed by atoms with Crippen molar-refractivity contribution in [1.29, 1.82) is 0 Å². The standard InChI is InChI=1S/C21H24O3/c1-3-4-5-7-10-17(2)21(22)24-20-15-13-19(14-16-20)23-18-11-8-6-9-12-18/h6,8-16H,3-5,7H2,1-2H3. The Morgan fingerprint density at radius 3 is 2.21 bits per heavy atom. The molecular weight excluding hydrogens is 300 g/mol. The quantitative estimate of drug-likeness (QED) is 0.262. The molecule has 126 valence electrons. The van der Waals surface area contributed by atoms with Gasteiger partial charge in [0, 0.05) is 5.57 Å². The van der Waals surface area contributed by atoms with E-state index in [9.17, 15) is 4.79 Å². The van der Waals surface area contributed by atoms with E-state index in [1.807, 2.05) is 36.4 Å². The van der Waals surface area contributed by atoms with Crippen molar-refractivity contribution in [1.82, 2.24) is 0 Å². The molecule has 2 rings (SSSR count). The number of para-hydroxylation sites is 1. The summed E-state index contributed by atoms with van der Waals surface area (Å²) >= 11 is 0. The lowest BCUT2D eigenvalue weighted by Crippen LogP contribution is -2.09. The Hall–Kier alpha value is -2.55. The van der Waals surface area contributed by atoms with Crippen molar-refractivity contribution in [2.45, 2.75) is 39.5 Å². The van der Waals surface area contributed by atoms with E-state index in [1.165, 1.54) is 12.8 Å². The molecule has 0 aromatic heterocycles. The molecule has 3 heteroatoms. The number of unbranched alkanes of at least 4 members (excludes halogenated alkanes) is 3. The molecule has 0 aliphatic heterocycles. The fourth-order valence-corrected chi connectivity index (χ4v) is 2.18. The molecule has 0 amide bonds. The van der Waals surface area contributed by atoms with Crippen LogP contribution < -0.4 is 9.47 Å². The van der Waals surface area contributed by atoms with Gasteiger partial charge in [-0.2, -0.15) is 0 Å². The van der Waals surface area contributed by atoms with E-state index in [-0.39, 0.29) is 5.97 Å². The monoisotopic (exact) mass is 324 g/mol. The van der Waals surface area contributed by atoms with E-state index < -0.39 is 0 Å². The number of carbonyl (C=O) groups is 1. The van der Waals surface area contributed by atoms with Gasteiger partial charge in [0.25, 0.3) is 0 Å². The van der Waals surface area contributed by atoms with Gasteiger partial charge in [0.1, 0.15) is 17.2 Å². The maximum Gasteiger partial charge on any atom is 0.338 e. The van der Waals surface area contributed by atoms with Crippen molar-refractivity contribution in [3.8, 4) is 17.2 Å². The minimum Gasteiger partial charge on any atom is -0.457 e. The van der Waals surface area contributed by atoms with Crippen LogP contribution in [0.4, 0.5) is 0 Å². The van der Waals surface area contributed by atoms with Crippen molar-refractivity contribution in [2.75, 3.05) is 0 Å². The Balaban J connectivity index is 1.87. The van der Waals surface area contributed by atoms with Crippen LogP contribution in [-0.4, -0.2) is 5.97 Å². The number of hydrogen-bond donors (Lipinski definition) is 0. The van der Waals surface area contributed by atoms with E-state index >= 15 is 0 Å². The van der Waals surface area contributed by atoms with Gasteiger partial charge in [0.05, 0.1) is 0 Å². The molecule has 2 aromatic carbocycles. The van der Waals surface area contributed by atoms with Crippen molar-refractivity contribution in [2.24, 2.45) is 0 Å². The first-order valence-corrected chi connectivity index (χ1v) is 8.41. The van der Waals surface area contributed by atoms with Gasteiger partial charge in [-0.25, -0.2) is 4.79 Å². The van der Waals surface area contributed by atoms with Crippen LogP contribution in [0.3, 0.4) is 0 Å². The third-order valence-electron chi connectivity index (χ3n) is 3.59. The Labute approximate surface area is 143 Å². The van der Waals surface area contributed by atoms with Gasteiger partial charge in [-0.1, -0.05) is 44.0 Å². The van der Waals surface area contributed by atoms with Crippen LogP contribution in [0.25, 0.3) is 0 Å². The molecule has 0 radical (unpaired) electrons. The third-order valence-corrected chi connectivity index (χ3v) is 3.59. The third kappa shape index (κ3) is 5.92. The van der Waals surface area contributed by atoms with E-state index in [1.54, 1.807) is 31.2 Å². The predicted molar refractivity (Wildman–Crippen MR) is 96.5 cm³/mol. The molecule has 0 heterocycles. The van der Waals surface area contributed by atoms with E-state index in [0.29, 0.717) is 17.1 Å². The second-order valence-corrected chi connectivity index (χ2v) is 5.66. The highest BCUT2D eigenvalue weighted by Gasteiger charge is 2.07. The molecule has 0 N–H and O–H groups in total. The van der Waals surface area contributed by atoms with Gasteiger partial charge in [-0.3, -0.25) is 0 Å². The topological polar surface area (TPSA) is 35.5 Å². The largest absolute Gasteiger partial charge is 0.457 e. The number of esters is 1. The number of ether oxygens (including phenoxy) is 2. The Kier molecular flexibility index (Phi) is 7.09. The summed E-state index contributed by atoms with van der Waals surface area (Å²) in [6.07, 6.45) is 6.33. The van der Waals surface area contributed by atoms with Crippen LogP contribution in [0.1, 0.15) is 39.5 Å². The first-order valence-electron chi connectivity index (χ1n) is 8.41. The summed E-state index contributed by atoms with van der Waals surface area (Å²) in [5, 5.41) is 0. The van der Waals surface area contributed by atoms with Gasteiger partial charge < -0.3 is 9.47 Å². The lowest BCUT2D eigenvalue weighted by molar-refractivity contribution is -0.130. The van der Waals surface area contributed by atoms with E-state index in [2.05, 4.69) is 6.92 Å². The van der Waals surface area contributed by atoms with Gasteiger partial charge in [-0.15, -0.1) is 0 Å². The summed E-state index contributed by atoms with van der Waals surface area (Å²) in [7, 11) is 0. The molecule has 24 heavy (non-hydrogen) atoms. The lowest BCUT2D eigenvalue weighted by Gasteiger charge is -2.07. The average Bonchev–Trinajstić information content (AvgIpc) is 2.61. The van der Waals surface area contributed by atoms with Crippen molar-refractivity contribution in [3.63, 3.8) is 0 Å². The zero-order chi connectivity index (χ0) is 17.2. The zero-order valence-corrected chi connectivity index (χ0v) is 14.3. The first kappa shape index (κ1) is 17.8. The molecule has 0 saturated heterocycles. The fourth-order valence-electron chi connectivity index (χ4n) is 2.18. The SMILES string of the molecule is CCCCCC=C(C)C(=O)Oc1ccc(Oc2ccccc2)cc1. The van der Waals surface area contributed by atoms with Crippen molar-refractivity contribution < 1.29 is 14.3 Å². The summed E-state index contributed by atoms with van der Waals surface area (Å²) in [5.41, 5.74) is 0.649. The number of benzene rings is 2. The Morgan fingerprint density at radius 1 is 0.917 bits per heavy atom. The summed E-state index contributed by atoms with van der Waals surface area (Å²) in [5.74, 6) is 1.69. The van der Waals surface area contributed by atoms with E-state index in [0.717, 1.165) is 18.6 Å². The van der Waals surface area contributed by atoms with Gasteiger partial charge >= 0.3 is 5.97 Å². The zero-order valence-electron chi connectivity index (χ0n) is 14.3. The number of carbonyl (C=O) groups excluding carboxylic acids is 1. The second kappa shape index (κ2) is 9.56. The van der Waals surface area contributed by atoms with Crippen molar-refractivity contribution >= 4 is 5.97 Å². The van der Waals surface area contributed by atoms with E-state index in [4.69, 9.17) is 9.47 Å². The number of hydrogen-bond acceptors (Lipinski definition) is 3. The molecule has 0 unspecified atom stereocenters. The molecule has 0 spiro atoms. The maximum atomic E-state index is 12.0.